The molecule has 0 aliphatic rings. The van der Waals surface area contributed by atoms with Gasteiger partial charge in [0.2, 0.25) is 0 Å². The molecular formula is C20H24O3. The van der Waals surface area contributed by atoms with Crippen LogP contribution in [0.15, 0.2) is 42.5 Å². The predicted octanol–water partition coefficient (Wildman–Crippen LogP) is 5.03. The number of hydrogen-bond acceptors (Lipinski definition) is 2. The number of methoxy groups -OCH3 is 1. The number of aliphatic carboxylic acids is 1. The second-order valence-electron chi connectivity index (χ2n) is 5.84. The lowest BCUT2D eigenvalue weighted by Crippen LogP contribution is -2.11. The number of aryl methyl sites for hydroxylation is 1. The van der Waals surface area contributed by atoms with Crippen LogP contribution in [0, 0.1) is 6.92 Å². The Bertz CT molecular complexity index is 676. The highest BCUT2D eigenvalue weighted by Gasteiger charge is 2.19. The molecule has 122 valence electrons. The molecule has 0 radical (unpaired) electrons. The summed E-state index contributed by atoms with van der Waals surface area (Å²) in [5, 5.41) is 9.48. The molecule has 2 aromatic rings. The number of hydrogen-bond donors (Lipinski definition) is 1. The minimum atomic E-state index is -0.744. The summed E-state index contributed by atoms with van der Waals surface area (Å²) < 4.78 is 5.28. The van der Waals surface area contributed by atoms with Gasteiger partial charge >= 0.3 is 5.97 Å². The van der Waals surface area contributed by atoms with Crippen LogP contribution in [0.25, 0.3) is 11.1 Å². The molecule has 23 heavy (non-hydrogen) atoms. The van der Waals surface area contributed by atoms with E-state index in [9.17, 15) is 9.90 Å². The fourth-order valence-corrected chi connectivity index (χ4v) is 2.86. The molecule has 1 atom stereocenters. The van der Waals surface area contributed by atoms with Gasteiger partial charge in [-0.1, -0.05) is 50.1 Å². The zero-order valence-corrected chi connectivity index (χ0v) is 14.0. The topological polar surface area (TPSA) is 46.5 Å². The van der Waals surface area contributed by atoms with Crippen molar-refractivity contribution in [2.75, 3.05) is 7.11 Å². The standard InChI is InChI=1S/C20H24O3/c1-4-5-9-19(20(21)22)16-10-11-18(14(2)12-16)15-7-6-8-17(13-15)23-3/h6-8,10-13,19H,4-5,9H2,1-3H3,(H,21,22). The first-order chi connectivity index (χ1) is 11.1. The SMILES string of the molecule is CCCCC(C(=O)O)c1ccc(-c2cccc(OC)c2)c(C)c1. The molecule has 2 aromatic carbocycles. The third kappa shape index (κ3) is 4.13. The van der Waals surface area contributed by atoms with Gasteiger partial charge in [-0.3, -0.25) is 4.79 Å². The van der Waals surface area contributed by atoms with Crippen molar-refractivity contribution in [2.45, 2.75) is 39.0 Å². The van der Waals surface area contributed by atoms with E-state index < -0.39 is 11.9 Å². The van der Waals surface area contributed by atoms with Crippen LogP contribution in [-0.4, -0.2) is 18.2 Å². The Kier molecular flexibility index (Phi) is 5.80. The lowest BCUT2D eigenvalue weighted by atomic mass is 9.90. The van der Waals surface area contributed by atoms with Crippen molar-refractivity contribution in [1.82, 2.24) is 0 Å². The highest BCUT2D eigenvalue weighted by atomic mass is 16.5. The Labute approximate surface area is 137 Å². The van der Waals surface area contributed by atoms with E-state index in [4.69, 9.17) is 4.74 Å². The largest absolute Gasteiger partial charge is 0.497 e. The van der Waals surface area contributed by atoms with Crippen molar-refractivity contribution >= 4 is 5.97 Å². The Morgan fingerprint density at radius 1 is 1.22 bits per heavy atom. The fraction of sp³-hybridized carbons (Fsp3) is 0.350. The maximum absolute atomic E-state index is 11.5. The normalized spacial score (nSPS) is 12.0. The molecular weight excluding hydrogens is 288 g/mol. The molecule has 0 aliphatic heterocycles. The number of unbranched alkanes of at least 4 members (excludes halogenated alkanes) is 1. The van der Waals surface area contributed by atoms with E-state index >= 15 is 0 Å². The molecule has 0 saturated heterocycles. The second-order valence-corrected chi connectivity index (χ2v) is 5.84. The van der Waals surface area contributed by atoms with Crippen molar-refractivity contribution in [3.8, 4) is 16.9 Å². The summed E-state index contributed by atoms with van der Waals surface area (Å²) in [4.78, 5) is 11.5. The number of ether oxygens (including phenoxy) is 1. The Balaban J connectivity index is 2.34. The van der Waals surface area contributed by atoms with Crippen molar-refractivity contribution in [2.24, 2.45) is 0 Å². The van der Waals surface area contributed by atoms with Crippen LogP contribution in [0.3, 0.4) is 0 Å². The number of carbonyl (C=O) groups is 1. The van der Waals surface area contributed by atoms with Crippen LogP contribution >= 0.6 is 0 Å². The van der Waals surface area contributed by atoms with Gasteiger partial charge < -0.3 is 9.84 Å². The van der Waals surface area contributed by atoms with E-state index in [1.807, 2.05) is 49.4 Å². The van der Waals surface area contributed by atoms with E-state index in [1.54, 1.807) is 7.11 Å². The minimum Gasteiger partial charge on any atom is -0.497 e. The van der Waals surface area contributed by atoms with Crippen LogP contribution in [0.1, 0.15) is 43.2 Å². The summed E-state index contributed by atoms with van der Waals surface area (Å²) in [7, 11) is 1.65. The zero-order chi connectivity index (χ0) is 16.8. The highest BCUT2D eigenvalue weighted by Crippen LogP contribution is 2.30. The first kappa shape index (κ1) is 17.1. The lowest BCUT2D eigenvalue weighted by Gasteiger charge is -2.15. The smallest absolute Gasteiger partial charge is 0.310 e. The first-order valence-corrected chi connectivity index (χ1v) is 8.04. The van der Waals surface area contributed by atoms with E-state index in [-0.39, 0.29) is 0 Å². The predicted molar refractivity (Wildman–Crippen MR) is 93.1 cm³/mol. The van der Waals surface area contributed by atoms with Gasteiger partial charge in [-0.15, -0.1) is 0 Å². The number of carboxylic acids is 1. The van der Waals surface area contributed by atoms with E-state index in [0.29, 0.717) is 6.42 Å². The molecule has 0 aliphatic carbocycles. The van der Waals surface area contributed by atoms with Gasteiger partial charge in [0.1, 0.15) is 5.75 Å². The summed E-state index contributed by atoms with van der Waals surface area (Å²) in [6.45, 7) is 4.10. The van der Waals surface area contributed by atoms with E-state index in [2.05, 4.69) is 6.92 Å². The molecule has 0 heterocycles. The number of rotatable bonds is 7. The van der Waals surface area contributed by atoms with Gasteiger partial charge in [-0.2, -0.15) is 0 Å². The molecule has 3 nitrogen and oxygen atoms in total. The van der Waals surface area contributed by atoms with Gasteiger partial charge in [0.05, 0.1) is 13.0 Å². The minimum absolute atomic E-state index is 0.423. The molecule has 1 unspecified atom stereocenters. The van der Waals surface area contributed by atoms with Crippen LogP contribution < -0.4 is 4.74 Å². The average molecular weight is 312 g/mol. The zero-order valence-electron chi connectivity index (χ0n) is 14.0. The Morgan fingerprint density at radius 3 is 2.61 bits per heavy atom. The highest BCUT2D eigenvalue weighted by molar-refractivity contribution is 5.77. The van der Waals surface area contributed by atoms with E-state index in [0.717, 1.165) is 40.8 Å². The van der Waals surface area contributed by atoms with Crippen molar-refractivity contribution < 1.29 is 14.6 Å². The van der Waals surface area contributed by atoms with Gasteiger partial charge in [-0.05, 0) is 47.7 Å². The lowest BCUT2D eigenvalue weighted by molar-refractivity contribution is -0.139. The van der Waals surface area contributed by atoms with Crippen LogP contribution in [0.4, 0.5) is 0 Å². The maximum atomic E-state index is 11.5. The molecule has 0 saturated carbocycles. The molecule has 2 rings (SSSR count). The van der Waals surface area contributed by atoms with Gasteiger partial charge in [0.15, 0.2) is 0 Å². The molecule has 0 spiro atoms. The van der Waals surface area contributed by atoms with Crippen molar-refractivity contribution in [1.29, 1.82) is 0 Å². The maximum Gasteiger partial charge on any atom is 0.310 e. The Hall–Kier alpha value is -2.29. The van der Waals surface area contributed by atoms with Crippen LogP contribution in [-0.2, 0) is 4.79 Å². The summed E-state index contributed by atoms with van der Waals surface area (Å²) >= 11 is 0. The Morgan fingerprint density at radius 2 is 2.00 bits per heavy atom. The number of benzene rings is 2. The molecule has 1 N–H and O–H groups in total. The third-order valence-corrected chi connectivity index (χ3v) is 4.18. The first-order valence-electron chi connectivity index (χ1n) is 8.04. The van der Waals surface area contributed by atoms with Gasteiger partial charge in [0, 0.05) is 0 Å². The summed E-state index contributed by atoms with van der Waals surface area (Å²) in [5.41, 5.74) is 4.15. The van der Waals surface area contributed by atoms with Crippen LogP contribution in [0.5, 0.6) is 5.75 Å². The summed E-state index contributed by atoms with van der Waals surface area (Å²) in [5.74, 6) is -0.350. The summed E-state index contributed by atoms with van der Waals surface area (Å²) in [6.07, 6.45) is 2.61. The van der Waals surface area contributed by atoms with Crippen LogP contribution in [0.2, 0.25) is 0 Å². The quantitative estimate of drug-likeness (QED) is 0.780. The van der Waals surface area contributed by atoms with E-state index in [1.165, 1.54) is 0 Å². The molecule has 0 fully saturated rings. The monoisotopic (exact) mass is 312 g/mol. The van der Waals surface area contributed by atoms with Crippen molar-refractivity contribution in [3.05, 3.63) is 53.6 Å². The average Bonchev–Trinajstić information content (AvgIpc) is 2.55. The van der Waals surface area contributed by atoms with Gasteiger partial charge in [-0.25, -0.2) is 0 Å². The third-order valence-electron chi connectivity index (χ3n) is 4.18. The fourth-order valence-electron chi connectivity index (χ4n) is 2.86. The molecule has 3 heteroatoms. The molecule has 0 aromatic heterocycles. The van der Waals surface area contributed by atoms with Gasteiger partial charge in [0.25, 0.3) is 0 Å². The summed E-state index contributed by atoms with van der Waals surface area (Å²) in [6, 6.07) is 13.9. The number of carboxylic acid groups (broad SMARTS) is 1. The molecule has 0 amide bonds. The molecule has 0 bridgehead atoms. The van der Waals surface area contributed by atoms with Crippen molar-refractivity contribution in [3.63, 3.8) is 0 Å². The second kappa shape index (κ2) is 7.82.